The van der Waals surface area contributed by atoms with E-state index in [9.17, 15) is 0 Å². The van der Waals surface area contributed by atoms with E-state index in [2.05, 4.69) is 5.38 Å². The van der Waals surface area contributed by atoms with Crippen molar-refractivity contribution in [2.24, 2.45) is 0 Å². The minimum atomic E-state index is 0.505. The third kappa shape index (κ3) is 2.71. The Hall–Kier alpha value is -1.22. The van der Waals surface area contributed by atoms with Gasteiger partial charge >= 0.3 is 0 Å². The molecule has 0 saturated carbocycles. The van der Waals surface area contributed by atoms with Crippen LogP contribution in [0, 0.1) is 0 Å². The predicted octanol–water partition coefficient (Wildman–Crippen LogP) is 5.79. The van der Waals surface area contributed by atoms with Crippen LogP contribution >= 0.6 is 34.5 Å². The number of thiophene rings is 1. The second-order valence-corrected chi connectivity index (χ2v) is 5.88. The largest absolute Gasteiger partial charge is 0.487 e. The molecule has 2 aromatic carbocycles. The summed E-state index contributed by atoms with van der Waals surface area (Å²) in [6.07, 6.45) is 0. The normalized spacial score (nSPS) is 10.8. The zero-order chi connectivity index (χ0) is 13.2. The minimum Gasteiger partial charge on any atom is -0.487 e. The van der Waals surface area contributed by atoms with E-state index in [0.717, 1.165) is 10.6 Å². The molecule has 4 heteroatoms. The molecule has 0 spiro atoms. The van der Waals surface area contributed by atoms with Gasteiger partial charge in [-0.15, -0.1) is 11.3 Å². The van der Waals surface area contributed by atoms with Crippen molar-refractivity contribution < 1.29 is 4.74 Å². The number of fused-ring (bicyclic) bond motifs is 1. The maximum Gasteiger partial charge on any atom is 0.138 e. The number of halogens is 2. The minimum absolute atomic E-state index is 0.505. The van der Waals surface area contributed by atoms with Crippen LogP contribution in [0.4, 0.5) is 0 Å². The fourth-order valence-corrected chi connectivity index (χ4v) is 3.30. The molecule has 1 heterocycles. The SMILES string of the molecule is Clc1ccc2c(COc3ccccc3Cl)csc2c1. The Bertz CT molecular complexity index is 721. The van der Waals surface area contributed by atoms with Crippen LogP contribution in [-0.4, -0.2) is 0 Å². The fraction of sp³-hybridized carbons (Fsp3) is 0.0667. The summed E-state index contributed by atoms with van der Waals surface area (Å²) in [7, 11) is 0. The first-order valence-corrected chi connectivity index (χ1v) is 7.40. The average Bonchev–Trinajstić information content (AvgIpc) is 2.80. The Morgan fingerprint density at radius 3 is 2.74 bits per heavy atom. The lowest BCUT2D eigenvalue weighted by atomic mass is 10.2. The van der Waals surface area contributed by atoms with Crippen LogP contribution < -0.4 is 4.74 Å². The van der Waals surface area contributed by atoms with Crippen LogP contribution in [0.5, 0.6) is 5.75 Å². The topological polar surface area (TPSA) is 9.23 Å². The van der Waals surface area contributed by atoms with Gasteiger partial charge in [-0.25, -0.2) is 0 Å². The number of rotatable bonds is 3. The second-order valence-electron chi connectivity index (χ2n) is 4.12. The van der Waals surface area contributed by atoms with Crippen molar-refractivity contribution in [2.75, 3.05) is 0 Å². The molecule has 0 aliphatic heterocycles. The predicted molar refractivity (Wildman–Crippen MR) is 82.6 cm³/mol. The van der Waals surface area contributed by atoms with Crippen molar-refractivity contribution in [3.8, 4) is 5.75 Å². The fourth-order valence-electron chi connectivity index (χ4n) is 1.89. The summed E-state index contributed by atoms with van der Waals surface area (Å²) in [5.74, 6) is 0.706. The van der Waals surface area contributed by atoms with Crippen LogP contribution in [0.15, 0.2) is 47.8 Å². The molecule has 0 N–H and O–H groups in total. The highest BCUT2D eigenvalue weighted by Crippen LogP contribution is 2.30. The summed E-state index contributed by atoms with van der Waals surface area (Å²) in [5.41, 5.74) is 1.15. The van der Waals surface area contributed by atoms with Gasteiger partial charge in [-0.3, -0.25) is 0 Å². The van der Waals surface area contributed by atoms with Crippen molar-refractivity contribution in [2.45, 2.75) is 6.61 Å². The first-order valence-electron chi connectivity index (χ1n) is 5.77. The van der Waals surface area contributed by atoms with Gasteiger partial charge in [-0.05, 0) is 35.0 Å². The van der Waals surface area contributed by atoms with E-state index in [1.807, 2.05) is 42.5 Å². The lowest BCUT2D eigenvalue weighted by Gasteiger charge is -2.07. The zero-order valence-corrected chi connectivity index (χ0v) is 12.2. The molecule has 0 unspecified atom stereocenters. The third-order valence-electron chi connectivity index (χ3n) is 2.84. The van der Waals surface area contributed by atoms with E-state index in [1.165, 1.54) is 10.1 Å². The third-order valence-corrected chi connectivity index (χ3v) is 4.38. The smallest absolute Gasteiger partial charge is 0.138 e. The van der Waals surface area contributed by atoms with E-state index < -0.39 is 0 Å². The zero-order valence-electron chi connectivity index (χ0n) is 9.90. The highest BCUT2D eigenvalue weighted by Gasteiger charge is 2.06. The number of para-hydroxylation sites is 1. The molecule has 1 aromatic heterocycles. The van der Waals surface area contributed by atoms with Crippen molar-refractivity contribution in [1.29, 1.82) is 0 Å². The molecule has 0 aliphatic carbocycles. The molecule has 3 rings (SSSR count). The molecule has 0 saturated heterocycles. The maximum absolute atomic E-state index is 6.06. The summed E-state index contributed by atoms with van der Waals surface area (Å²) in [5, 5.41) is 4.66. The van der Waals surface area contributed by atoms with Gasteiger partial charge in [-0.2, -0.15) is 0 Å². The van der Waals surface area contributed by atoms with Crippen LogP contribution in [0.1, 0.15) is 5.56 Å². The Morgan fingerprint density at radius 1 is 1.05 bits per heavy atom. The van der Waals surface area contributed by atoms with Gasteiger partial charge in [0, 0.05) is 15.3 Å². The van der Waals surface area contributed by atoms with Crippen molar-refractivity contribution >= 4 is 44.6 Å². The lowest BCUT2D eigenvalue weighted by Crippen LogP contribution is -1.94. The molecule has 0 aliphatic rings. The average molecular weight is 309 g/mol. The second kappa shape index (κ2) is 5.41. The molecular formula is C15H10Cl2OS. The molecule has 0 bridgehead atoms. The van der Waals surface area contributed by atoms with Crippen molar-refractivity contribution in [3.63, 3.8) is 0 Å². The number of hydrogen-bond acceptors (Lipinski definition) is 2. The maximum atomic E-state index is 6.06. The molecule has 19 heavy (non-hydrogen) atoms. The summed E-state index contributed by atoms with van der Waals surface area (Å²) in [4.78, 5) is 0. The molecule has 1 nitrogen and oxygen atoms in total. The Morgan fingerprint density at radius 2 is 1.89 bits per heavy atom. The molecule has 0 amide bonds. The molecule has 96 valence electrons. The summed E-state index contributed by atoms with van der Waals surface area (Å²) >= 11 is 13.7. The Kier molecular flexibility index (Phi) is 3.65. The Labute approximate surface area is 125 Å². The van der Waals surface area contributed by atoms with Crippen molar-refractivity contribution in [1.82, 2.24) is 0 Å². The summed E-state index contributed by atoms with van der Waals surface area (Å²) < 4.78 is 6.93. The van der Waals surface area contributed by atoms with E-state index in [0.29, 0.717) is 17.4 Å². The number of ether oxygens (including phenoxy) is 1. The van der Waals surface area contributed by atoms with Gasteiger partial charge in [0.25, 0.3) is 0 Å². The van der Waals surface area contributed by atoms with Crippen LogP contribution in [0.2, 0.25) is 10.0 Å². The summed E-state index contributed by atoms with van der Waals surface area (Å²) in [6, 6.07) is 13.4. The lowest BCUT2D eigenvalue weighted by molar-refractivity contribution is 0.308. The molecular weight excluding hydrogens is 299 g/mol. The Balaban J connectivity index is 1.84. The molecule has 0 fully saturated rings. The van der Waals surface area contributed by atoms with Gasteiger partial charge in [0.1, 0.15) is 12.4 Å². The van der Waals surface area contributed by atoms with Crippen LogP contribution in [0.3, 0.4) is 0 Å². The van der Waals surface area contributed by atoms with E-state index in [-0.39, 0.29) is 0 Å². The first kappa shape index (κ1) is 12.8. The monoisotopic (exact) mass is 308 g/mol. The van der Waals surface area contributed by atoms with Crippen LogP contribution in [-0.2, 0) is 6.61 Å². The summed E-state index contributed by atoms with van der Waals surface area (Å²) in [6.45, 7) is 0.505. The molecule has 0 atom stereocenters. The highest BCUT2D eigenvalue weighted by atomic mass is 35.5. The van der Waals surface area contributed by atoms with Crippen molar-refractivity contribution in [3.05, 3.63) is 63.5 Å². The van der Waals surface area contributed by atoms with Gasteiger partial charge in [-0.1, -0.05) is 41.4 Å². The van der Waals surface area contributed by atoms with Gasteiger partial charge in [0.15, 0.2) is 0 Å². The molecule has 3 aromatic rings. The number of benzene rings is 2. The van der Waals surface area contributed by atoms with E-state index in [4.69, 9.17) is 27.9 Å². The van der Waals surface area contributed by atoms with E-state index >= 15 is 0 Å². The standard InChI is InChI=1S/C15H10Cl2OS/c16-11-5-6-12-10(9-19-15(12)7-11)8-18-14-4-2-1-3-13(14)17/h1-7,9H,8H2. The van der Waals surface area contributed by atoms with E-state index in [1.54, 1.807) is 11.3 Å². The highest BCUT2D eigenvalue weighted by molar-refractivity contribution is 7.17. The quantitative estimate of drug-likeness (QED) is 0.595. The molecule has 0 radical (unpaired) electrons. The van der Waals surface area contributed by atoms with Gasteiger partial charge in [0.2, 0.25) is 0 Å². The van der Waals surface area contributed by atoms with Gasteiger partial charge in [0.05, 0.1) is 5.02 Å². The van der Waals surface area contributed by atoms with Gasteiger partial charge < -0.3 is 4.74 Å². The first-order chi connectivity index (χ1) is 9.24. The number of hydrogen-bond donors (Lipinski definition) is 0. The van der Waals surface area contributed by atoms with Crippen LogP contribution in [0.25, 0.3) is 10.1 Å².